The van der Waals surface area contributed by atoms with Gasteiger partial charge in [0, 0.05) is 42.9 Å². The Balaban J connectivity index is 1.25. The molecule has 3 aliphatic rings. The summed E-state index contributed by atoms with van der Waals surface area (Å²) in [5, 5.41) is 3.12. The smallest absolute Gasteiger partial charge is 0.381 e. The largest absolute Gasteiger partial charge is 0.416 e. The third-order valence-corrected chi connectivity index (χ3v) is 9.18. The molecule has 1 aromatic carbocycles. The van der Waals surface area contributed by atoms with Crippen LogP contribution in [0.3, 0.4) is 0 Å². The highest BCUT2D eigenvalue weighted by molar-refractivity contribution is 5.86. The SMILES string of the molecule is C[C@H]1c2c([nH]c3ccc(C(F)(F)F)cc23)C[C@H]2CCN(CCC3(C=CCNCC(F)(F)F)CCOCC3)C[C@@H]21. The minimum absolute atomic E-state index is 0.0921. The maximum absolute atomic E-state index is 13.4. The Labute approximate surface area is 225 Å². The number of nitrogens with one attached hydrogen (secondary N) is 2. The first-order valence-corrected chi connectivity index (χ1v) is 13.9. The normalized spacial score (nSPS) is 26.2. The molecule has 0 amide bonds. The molecule has 10 heteroatoms. The minimum atomic E-state index is -4.37. The van der Waals surface area contributed by atoms with E-state index < -0.39 is 24.5 Å². The van der Waals surface area contributed by atoms with Crippen LogP contribution < -0.4 is 5.32 Å². The fourth-order valence-corrected chi connectivity index (χ4v) is 6.99. The topological polar surface area (TPSA) is 40.3 Å². The van der Waals surface area contributed by atoms with E-state index in [2.05, 4.69) is 28.2 Å². The molecule has 0 saturated carbocycles. The van der Waals surface area contributed by atoms with E-state index in [0.29, 0.717) is 30.4 Å². The Morgan fingerprint density at radius 2 is 1.92 bits per heavy atom. The number of ether oxygens (including phenoxy) is 1. The van der Waals surface area contributed by atoms with E-state index in [1.54, 1.807) is 6.07 Å². The lowest BCUT2D eigenvalue weighted by atomic mass is 9.68. The van der Waals surface area contributed by atoms with Crippen molar-refractivity contribution in [1.82, 2.24) is 15.2 Å². The van der Waals surface area contributed by atoms with Gasteiger partial charge in [-0.15, -0.1) is 0 Å². The molecule has 2 N–H and O–H groups in total. The number of likely N-dealkylation sites (tertiary alicyclic amines) is 1. The first kappa shape index (κ1) is 28.5. The van der Waals surface area contributed by atoms with Crippen LogP contribution in [0.15, 0.2) is 30.4 Å². The number of piperidine rings is 1. The summed E-state index contributed by atoms with van der Waals surface area (Å²) in [6.07, 6.45) is -0.173. The van der Waals surface area contributed by atoms with Crippen molar-refractivity contribution in [2.24, 2.45) is 17.3 Å². The van der Waals surface area contributed by atoms with Gasteiger partial charge in [0.15, 0.2) is 0 Å². The van der Waals surface area contributed by atoms with Gasteiger partial charge in [0.1, 0.15) is 0 Å². The molecular weight excluding hydrogens is 520 g/mol. The summed E-state index contributed by atoms with van der Waals surface area (Å²) >= 11 is 0. The molecule has 2 aliphatic heterocycles. The quantitative estimate of drug-likeness (QED) is 0.227. The van der Waals surface area contributed by atoms with Crippen LogP contribution >= 0.6 is 0 Å². The predicted octanol–water partition coefficient (Wildman–Crippen LogP) is 6.68. The lowest BCUT2D eigenvalue weighted by Crippen LogP contribution is -2.46. The predicted molar refractivity (Wildman–Crippen MR) is 139 cm³/mol. The average Bonchev–Trinajstić information content (AvgIpc) is 3.25. The van der Waals surface area contributed by atoms with Gasteiger partial charge >= 0.3 is 12.4 Å². The highest BCUT2D eigenvalue weighted by atomic mass is 19.4. The molecule has 3 atom stereocenters. The number of hydrogen-bond acceptors (Lipinski definition) is 3. The second-order valence-corrected chi connectivity index (χ2v) is 11.7. The fourth-order valence-electron chi connectivity index (χ4n) is 6.99. The summed E-state index contributed by atoms with van der Waals surface area (Å²) in [5.41, 5.74) is 2.19. The number of H-pyrrole nitrogens is 1. The maximum atomic E-state index is 13.4. The molecule has 5 rings (SSSR count). The van der Waals surface area contributed by atoms with Crippen molar-refractivity contribution in [3.8, 4) is 0 Å². The number of rotatable bonds is 7. The molecule has 3 heterocycles. The number of aromatic amines is 1. The highest BCUT2D eigenvalue weighted by Crippen LogP contribution is 2.47. The molecule has 2 saturated heterocycles. The lowest BCUT2D eigenvalue weighted by molar-refractivity contribution is -0.137. The van der Waals surface area contributed by atoms with Crippen LogP contribution in [0.2, 0.25) is 0 Å². The van der Waals surface area contributed by atoms with E-state index in [1.807, 2.05) is 6.08 Å². The van der Waals surface area contributed by atoms with Crippen molar-refractivity contribution in [2.45, 2.75) is 57.3 Å². The molecular formula is C29H37F6N3O. The first-order valence-electron chi connectivity index (χ1n) is 13.9. The molecule has 1 aliphatic carbocycles. The molecule has 4 nitrogen and oxygen atoms in total. The molecule has 0 bridgehead atoms. The minimum Gasteiger partial charge on any atom is -0.381 e. The number of halogens is 6. The van der Waals surface area contributed by atoms with Crippen LogP contribution in [-0.4, -0.2) is 62.0 Å². The van der Waals surface area contributed by atoms with Crippen molar-refractivity contribution in [1.29, 1.82) is 0 Å². The average molecular weight is 558 g/mol. The third kappa shape index (κ3) is 6.49. The van der Waals surface area contributed by atoms with Crippen LogP contribution in [0.1, 0.15) is 55.3 Å². The molecule has 0 radical (unpaired) electrons. The molecule has 216 valence electrons. The Bertz CT molecular complexity index is 1160. The summed E-state index contributed by atoms with van der Waals surface area (Å²) in [5.74, 6) is 1.01. The monoisotopic (exact) mass is 557 g/mol. The Kier molecular flexibility index (Phi) is 8.10. The van der Waals surface area contributed by atoms with Gasteiger partial charge in [-0.1, -0.05) is 19.1 Å². The summed E-state index contributed by atoms with van der Waals surface area (Å²) in [6, 6.07) is 4.00. The number of nitrogens with zero attached hydrogens (tertiary/aromatic N) is 1. The van der Waals surface area contributed by atoms with Gasteiger partial charge in [0.05, 0.1) is 12.1 Å². The second kappa shape index (κ2) is 11.1. The first-order chi connectivity index (χ1) is 18.4. The molecule has 0 unspecified atom stereocenters. The van der Waals surface area contributed by atoms with Gasteiger partial charge in [-0.3, -0.25) is 0 Å². The number of allylic oxidation sites excluding steroid dienone is 1. The number of aromatic nitrogens is 1. The summed E-state index contributed by atoms with van der Waals surface area (Å²) in [6.45, 7) is 5.38. The van der Waals surface area contributed by atoms with Gasteiger partial charge in [0.25, 0.3) is 0 Å². The summed E-state index contributed by atoms with van der Waals surface area (Å²) in [4.78, 5) is 5.89. The van der Waals surface area contributed by atoms with E-state index >= 15 is 0 Å². The number of hydrogen-bond donors (Lipinski definition) is 2. The van der Waals surface area contributed by atoms with Crippen LogP contribution in [0, 0.1) is 17.3 Å². The Morgan fingerprint density at radius 1 is 1.15 bits per heavy atom. The van der Waals surface area contributed by atoms with Gasteiger partial charge in [-0.05, 0) is 92.1 Å². The van der Waals surface area contributed by atoms with Crippen molar-refractivity contribution in [3.05, 3.63) is 47.2 Å². The number of alkyl halides is 6. The van der Waals surface area contributed by atoms with Crippen molar-refractivity contribution in [3.63, 3.8) is 0 Å². The Morgan fingerprint density at radius 3 is 2.64 bits per heavy atom. The van der Waals surface area contributed by atoms with Gasteiger partial charge in [0.2, 0.25) is 0 Å². The van der Waals surface area contributed by atoms with Crippen molar-refractivity contribution >= 4 is 10.9 Å². The van der Waals surface area contributed by atoms with E-state index in [-0.39, 0.29) is 17.9 Å². The fraction of sp³-hybridized carbons (Fsp3) is 0.655. The van der Waals surface area contributed by atoms with Crippen LogP contribution in [0.25, 0.3) is 10.9 Å². The van der Waals surface area contributed by atoms with Crippen LogP contribution in [0.5, 0.6) is 0 Å². The molecule has 0 spiro atoms. The third-order valence-electron chi connectivity index (χ3n) is 9.18. The number of fused-ring (bicyclic) bond motifs is 4. The van der Waals surface area contributed by atoms with E-state index in [0.717, 1.165) is 74.6 Å². The highest BCUT2D eigenvalue weighted by Gasteiger charge is 2.41. The lowest BCUT2D eigenvalue weighted by Gasteiger charge is -2.45. The maximum Gasteiger partial charge on any atom is 0.416 e. The van der Waals surface area contributed by atoms with E-state index in [1.165, 1.54) is 6.07 Å². The van der Waals surface area contributed by atoms with E-state index in [4.69, 9.17) is 4.74 Å². The zero-order chi connectivity index (χ0) is 27.8. The molecule has 2 fully saturated rings. The number of benzene rings is 1. The van der Waals surface area contributed by atoms with Gasteiger partial charge in [-0.2, -0.15) is 26.3 Å². The van der Waals surface area contributed by atoms with E-state index in [9.17, 15) is 26.3 Å². The zero-order valence-corrected chi connectivity index (χ0v) is 22.2. The van der Waals surface area contributed by atoms with Gasteiger partial charge < -0.3 is 19.9 Å². The second-order valence-electron chi connectivity index (χ2n) is 11.7. The Hall–Kier alpha value is -2.04. The zero-order valence-electron chi connectivity index (χ0n) is 22.2. The van der Waals surface area contributed by atoms with Crippen molar-refractivity contribution in [2.75, 3.05) is 45.9 Å². The summed E-state index contributed by atoms with van der Waals surface area (Å²) < 4.78 is 83.2. The van der Waals surface area contributed by atoms with Crippen molar-refractivity contribution < 1.29 is 31.1 Å². The van der Waals surface area contributed by atoms with Gasteiger partial charge in [-0.25, -0.2) is 0 Å². The molecule has 39 heavy (non-hydrogen) atoms. The molecule has 1 aromatic heterocycles. The standard InChI is InChI=1S/C29H37F6N3O/c1-19-23-17-38(12-7-27(8-13-39-14-9-27)6-2-10-36-18-28(30,31)32)11-5-20(23)15-25-26(19)22-16-21(29(33,34)35)3-4-24(22)37-25/h2-4,6,16,19-20,23,36-37H,5,7-15,17-18H2,1H3/t19-,20-,23-/m1/s1. The van der Waals surface area contributed by atoms with Crippen LogP contribution in [0.4, 0.5) is 26.3 Å². The summed E-state index contributed by atoms with van der Waals surface area (Å²) in [7, 11) is 0. The molecule has 2 aromatic rings. The van der Waals surface area contributed by atoms with Crippen LogP contribution in [-0.2, 0) is 17.3 Å².